The van der Waals surface area contributed by atoms with Gasteiger partial charge in [-0.1, -0.05) is 36.2 Å². The van der Waals surface area contributed by atoms with Gasteiger partial charge in [0, 0.05) is 49.8 Å². The Morgan fingerprint density at radius 1 is 1.11 bits per heavy atom. The molecule has 2 aromatic rings. The molecule has 288 valence electrons. The molecular weight excluding hydrogens is 670 g/mol. The van der Waals surface area contributed by atoms with E-state index in [-0.39, 0.29) is 55.3 Å². The van der Waals surface area contributed by atoms with Crippen molar-refractivity contribution in [2.75, 3.05) is 26.9 Å². The third kappa shape index (κ3) is 8.66. The third-order valence-electron chi connectivity index (χ3n) is 11.1. The average Bonchev–Trinajstić information content (AvgIpc) is 3.99. The molecule has 2 fully saturated rings. The van der Waals surface area contributed by atoms with Crippen LogP contribution in [0.5, 0.6) is 11.5 Å². The molecule has 0 radical (unpaired) electrons. The van der Waals surface area contributed by atoms with Crippen molar-refractivity contribution >= 4 is 11.6 Å². The number of hydrogen-bond acceptors (Lipinski definition) is 9. The summed E-state index contributed by atoms with van der Waals surface area (Å²) in [5.74, 6) is 0.142. The van der Waals surface area contributed by atoms with Crippen molar-refractivity contribution in [3.8, 4) is 11.5 Å². The standard InChI is InChI=1S/C43H59N3O7/c1-7-23-51-43-38(46(6)41(49)29-17-18-29)26-36(45-53-42(3,4)5)34-24-30(14-8-10-21-47)33(16-9-11-22-48)39(40(34)43)35-25-32(19-20-37(35)52-43)50-27-31-15-12-13-28(2)44-31/h7,12-13,15,19-20,24-25,29-30,33,38-40,47-48H,1,8-11,14,16-18,21-23,26-27H2,2-6H3/t30-,33+,38-,39+,40+,43+/m0/s1. The van der Waals surface area contributed by atoms with E-state index in [1.165, 1.54) is 0 Å². The number of allylic oxidation sites excluding steroid dienone is 1. The van der Waals surface area contributed by atoms with Gasteiger partial charge in [0.1, 0.15) is 29.7 Å². The van der Waals surface area contributed by atoms with E-state index < -0.39 is 17.4 Å². The van der Waals surface area contributed by atoms with Crippen LogP contribution in [0.15, 0.2) is 65.9 Å². The average molecular weight is 730 g/mol. The molecule has 1 amide bonds. The monoisotopic (exact) mass is 729 g/mol. The summed E-state index contributed by atoms with van der Waals surface area (Å²) in [7, 11) is 1.88. The zero-order valence-corrected chi connectivity index (χ0v) is 32.3. The van der Waals surface area contributed by atoms with Gasteiger partial charge in [0.15, 0.2) is 0 Å². The van der Waals surface area contributed by atoms with E-state index in [4.69, 9.17) is 24.2 Å². The Hall–Kier alpha value is -3.73. The highest BCUT2D eigenvalue weighted by Crippen LogP contribution is 2.62. The molecule has 1 aliphatic heterocycles. The van der Waals surface area contributed by atoms with E-state index in [1.54, 1.807) is 6.08 Å². The van der Waals surface area contributed by atoms with Gasteiger partial charge >= 0.3 is 0 Å². The van der Waals surface area contributed by atoms with Crippen LogP contribution in [0.1, 0.15) is 101 Å². The van der Waals surface area contributed by atoms with Crippen molar-refractivity contribution in [3.63, 3.8) is 0 Å². The van der Waals surface area contributed by atoms with E-state index >= 15 is 0 Å². The molecule has 10 nitrogen and oxygen atoms in total. The zero-order chi connectivity index (χ0) is 37.8. The maximum absolute atomic E-state index is 13.9. The number of aryl methyl sites for hydroxylation is 1. The maximum Gasteiger partial charge on any atom is 0.239 e. The number of fused-ring (bicyclic) bond motifs is 2. The van der Waals surface area contributed by atoms with Crippen LogP contribution in [0, 0.1) is 30.6 Å². The molecule has 6 rings (SSSR count). The topological polar surface area (TPSA) is 123 Å². The third-order valence-corrected chi connectivity index (χ3v) is 11.1. The highest BCUT2D eigenvalue weighted by Gasteiger charge is 2.65. The number of oxime groups is 1. The number of benzene rings is 1. The first-order chi connectivity index (χ1) is 25.5. The van der Waals surface area contributed by atoms with Crippen LogP contribution in [0.2, 0.25) is 0 Å². The lowest BCUT2D eigenvalue weighted by molar-refractivity contribution is -0.256. The molecule has 2 saturated carbocycles. The number of ether oxygens (including phenoxy) is 3. The Morgan fingerprint density at radius 3 is 2.55 bits per heavy atom. The van der Waals surface area contributed by atoms with E-state index in [0.29, 0.717) is 25.2 Å². The molecule has 0 saturated heterocycles. The molecule has 2 N–H and O–H groups in total. The van der Waals surface area contributed by atoms with Gasteiger partial charge in [0.25, 0.3) is 0 Å². The van der Waals surface area contributed by atoms with Crippen molar-refractivity contribution in [2.24, 2.45) is 28.8 Å². The van der Waals surface area contributed by atoms with Crippen molar-refractivity contribution in [2.45, 2.75) is 115 Å². The summed E-state index contributed by atoms with van der Waals surface area (Å²) in [6, 6.07) is 11.5. The van der Waals surface area contributed by atoms with Crippen LogP contribution in [0.4, 0.5) is 0 Å². The number of hydrogen-bond donors (Lipinski definition) is 2. The molecule has 10 heteroatoms. The molecule has 4 aliphatic rings. The van der Waals surface area contributed by atoms with Gasteiger partial charge < -0.3 is 34.2 Å². The second-order valence-corrected chi connectivity index (χ2v) is 16.3. The molecule has 1 aromatic heterocycles. The molecule has 0 bridgehead atoms. The highest BCUT2D eigenvalue weighted by molar-refractivity contribution is 6.03. The minimum Gasteiger partial charge on any atom is -0.487 e. The molecule has 6 atom stereocenters. The van der Waals surface area contributed by atoms with Crippen LogP contribution in [-0.4, -0.2) is 76.0 Å². The molecular formula is C43H59N3O7. The van der Waals surface area contributed by atoms with E-state index in [9.17, 15) is 15.0 Å². The lowest BCUT2D eigenvalue weighted by Crippen LogP contribution is -2.69. The van der Waals surface area contributed by atoms with Gasteiger partial charge in [-0.05, 0) is 114 Å². The van der Waals surface area contributed by atoms with Crippen LogP contribution >= 0.6 is 0 Å². The Morgan fingerprint density at radius 2 is 1.87 bits per heavy atom. The van der Waals surface area contributed by atoms with Gasteiger partial charge in [0.2, 0.25) is 11.7 Å². The number of carbonyl (C=O) groups excluding carboxylic acids is 1. The lowest BCUT2D eigenvalue weighted by Gasteiger charge is -2.59. The SMILES string of the molecule is C=CCO[C@@]12Oc3ccc(OCc4cccc(C)n4)cc3[C@H]3[C@H](CCCCO)[C@@H](CCCCO)C=C(C(=NOC(C)(C)C)C[C@@H]1N(C)C(=O)C1CC1)[C@H]32. The number of carbonyl (C=O) groups is 1. The Bertz CT molecular complexity index is 1660. The van der Waals surface area contributed by atoms with Crippen molar-refractivity contribution in [3.05, 3.63) is 77.7 Å². The van der Waals surface area contributed by atoms with Gasteiger partial charge in [-0.2, -0.15) is 0 Å². The van der Waals surface area contributed by atoms with Gasteiger partial charge in [0.05, 0.1) is 23.9 Å². The fourth-order valence-electron chi connectivity index (χ4n) is 8.62. The largest absolute Gasteiger partial charge is 0.487 e. The van der Waals surface area contributed by atoms with Crippen molar-refractivity contribution in [1.82, 2.24) is 9.88 Å². The summed E-state index contributed by atoms with van der Waals surface area (Å²) >= 11 is 0. The lowest BCUT2D eigenvalue weighted by atomic mass is 9.55. The number of nitrogens with zero attached hydrogens (tertiary/aromatic N) is 3. The summed E-state index contributed by atoms with van der Waals surface area (Å²) < 4.78 is 20.6. The summed E-state index contributed by atoms with van der Waals surface area (Å²) in [6.45, 7) is 12.8. The van der Waals surface area contributed by atoms with Crippen molar-refractivity contribution < 1.29 is 34.1 Å². The second-order valence-electron chi connectivity index (χ2n) is 16.3. The minimum atomic E-state index is -1.24. The number of rotatable bonds is 17. The first-order valence-electron chi connectivity index (χ1n) is 19.6. The first-order valence-corrected chi connectivity index (χ1v) is 19.6. The number of amides is 1. The molecule has 3 aliphatic carbocycles. The van der Waals surface area contributed by atoms with Crippen LogP contribution in [0.3, 0.4) is 0 Å². The van der Waals surface area contributed by atoms with Crippen LogP contribution in [-0.2, 0) is 21.0 Å². The fourth-order valence-corrected chi connectivity index (χ4v) is 8.62. The smallest absolute Gasteiger partial charge is 0.239 e. The van der Waals surface area contributed by atoms with E-state index in [2.05, 4.69) is 23.7 Å². The van der Waals surface area contributed by atoms with Gasteiger partial charge in [-0.3, -0.25) is 9.78 Å². The molecule has 2 heterocycles. The number of pyridine rings is 1. The Balaban J connectivity index is 1.54. The van der Waals surface area contributed by atoms with Crippen LogP contribution in [0.25, 0.3) is 0 Å². The van der Waals surface area contributed by atoms with Gasteiger partial charge in [-0.15, -0.1) is 6.58 Å². The van der Waals surface area contributed by atoms with E-state index in [0.717, 1.165) is 78.9 Å². The number of aliphatic hydroxyl groups excluding tert-OH is 2. The molecule has 1 aromatic carbocycles. The van der Waals surface area contributed by atoms with Crippen molar-refractivity contribution in [1.29, 1.82) is 0 Å². The number of unbranched alkanes of at least 4 members (excludes halogenated alkanes) is 2. The quantitative estimate of drug-likeness (QED) is 0.0991. The summed E-state index contributed by atoms with van der Waals surface area (Å²) in [4.78, 5) is 26.6. The number of likely N-dealkylation sites (N-methyl/N-ethyl adjacent to an activating group) is 1. The minimum absolute atomic E-state index is 0.00220. The van der Waals surface area contributed by atoms with E-state index in [1.807, 2.05) is 70.0 Å². The normalized spacial score (nSPS) is 26.9. The Labute approximate surface area is 315 Å². The molecule has 0 unspecified atom stereocenters. The summed E-state index contributed by atoms with van der Waals surface area (Å²) in [6.07, 6.45) is 11.2. The predicted molar refractivity (Wildman–Crippen MR) is 205 cm³/mol. The fraction of sp³-hybridized carbons (Fsp3) is 0.605. The molecule has 0 spiro atoms. The summed E-state index contributed by atoms with van der Waals surface area (Å²) in [5.41, 5.74) is 4.12. The number of aliphatic hydroxyl groups is 2. The molecule has 53 heavy (non-hydrogen) atoms. The highest BCUT2D eigenvalue weighted by atomic mass is 16.7. The zero-order valence-electron chi connectivity index (χ0n) is 32.3. The second kappa shape index (κ2) is 16.7. The number of aromatic nitrogens is 1. The predicted octanol–water partition coefficient (Wildman–Crippen LogP) is 7.27. The van der Waals surface area contributed by atoms with Crippen LogP contribution < -0.4 is 9.47 Å². The van der Waals surface area contributed by atoms with Gasteiger partial charge in [-0.25, -0.2) is 0 Å². The maximum atomic E-state index is 13.9. The Kier molecular flexibility index (Phi) is 12.3. The summed E-state index contributed by atoms with van der Waals surface area (Å²) in [5, 5.41) is 24.5. The first kappa shape index (κ1) is 39.0.